The van der Waals surface area contributed by atoms with E-state index < -0.39 is 16.7 Å². The molecule has 21 heavy (non-hydrogen) atoms. The number of nitrogens with zero attached hydrogens (tertiary/aromatic N) is 1. The van der Waals surface area contributed by atoms with Crippen LogP contribution < -0.4 is 4.74 Å². The second-order valence-corrected chi connectivity index (χ2v) is 4.23. The predicted molar refractivity (Wildman–Crippen MR) is 71.3 cm³/mol. The van der Waals surface area contributed by atoms with Gasteiger partial charge in [-0.05, 0) is 25.1 Å². The number of nitro benzene ring substituents is 1. The lowest BCUT2D eigenvalue weighted by Gasteiger charge is -2.10. The number of hydrogen-bond donors (Lipinski definition) is 1. The van der Waals surface area contributed by atoms with Crippen molar-refractivity contribution in [2.45, 2.75) is 6.92 Å². The molecule has 0 spiro atoms. The molecule has 2 aromatic carbocycles. The van der Waals surface area contributed by atoms with E-state index in [1.165, 1.54) is 31.2 Å². The number of nitro groups is 1. The van der Waals surface area contributed by atoms with Gasteiger partial charge in [-0.1, -0.05) is 12.1 Å². The van der Waals surface area contributed by atoms with Gasteiger partial charge in [0.15, 0.2) is 11.6 Å². The Bertz CT molecular complexity index is 729. The van der Waals surface area contributed by atoms with E-state index in [1.807, 2.05) is 0 Å². The van der Waals surface area contributed by atoms with Gasteiger partial charge in [0.1, 0.15) is 11.3 Å². The zero-order chi connectivity index (χ0) is 15.6. The normalized spacial score (nSPS) is 10.2. The second-order valence-electron chi connectivity index (χ2n) is 4.23. The van der Waals surface area contributed by atoms with Crippen molar-refractivity contribution in [1.82, 2.24) is 0 Å². The Hall–Kier alpha value is -2.96. The quantitative estimate of drug-likeness (QED) is 0.687. The zero-order valence-corrected chi connectivity index (χ0v) is 10.9. The lowest BCUT2D eigenvalue weighted by atomic mass is 10.1. The van der Waals surface area contributed by atoms with Gasteiger partial charge in [0.2, 0.25) is 0 Å². The standard InChI is InChI=1S/C14H10FNO5/c1-8-6-13(10(15)7-11(8)16(19)20)21-12-5-3-2-4-9(12)14(17)18/h2-7H,1H3,(H,17,18). The average Bonchev–Trinajstić information content (AvgIpc) is 2.42. The molecule has 6 nitrogen and oxygen atoms in total. The molecule has 0 heterocycles. The third-order valence-corrected chi connectivity index (χ3v) is 2.78. The first kappa shape index (κ1) is 14.4. The zero-order valence-electron chi connectivity index (χ0n) is 10.9. The van der Waals surface area contributed by atoms with Crippen LogP contribution >= 0.6 is 0 Å². The SMILES string of the molecule is Cc1cc(Oc2ccccc2C(=O)O)c(F)cc1[N+](=O)[O-]. The van der Waals surface area contributed by atoms with Gasteiger partial charge in [-0.25, -0.2) is 9.18 Å². The van der Waals surface area contributed by atoms with Crippen LogP contribution in [0.2, 0.25) is 0 Å². The molecule has 7 heteroatoms. The van der Waals surface area contributed by atoms with Crippen molar-refractivity contribution in [1.29, 1.82) is 0 Å². The molecular formula is C14H10FNO5. The van der Waals surface area contributed by atoms with Gasteiger partial charge in [0.05, 0.1) is 11.0 Å². The number of para-hydroxylation sites is 1. The van der Waals surface area contributed by atoms with Gasteiger partial charge < -0.3 is 9.84 Å². The van der Waals surface area contributed by atoms with Crippen LogP contribution in [0.5, 0.6) is 11.5 Å². The number of carboxylic acid groups (broad SMARTS) is 1. The maximum Gasteiger partial charge on any atom is 0.339 e. The molecule has 0 aromatic heterocycles. The highest BCUT2D eigenvalue weighted by atomic mass is 19.1. The lowest BCUT2D eigenvalue weighted by molar-refractivity contribution is -0.385. The summed E-state index contributed by atoms with van der Waals surface area (Å²) in [5, 5.41) is 19.7. The Morgan fingerprint density at radius 2 is 1.95 bits per heavy atom. The van der Waals surface area contributed by atoms with Crippen molar-refractivity contribution in [3.63, 3.8) is 0 Å². The van der Waals surface area contributed by atoms with Crippen LogP contribution in [-0.2, 0) is 0 Å². The monoisotopic (exact) mass is 291 g/mol. The summed E-state index contributed by atoms with van der Waals surface area (Å²) in [7, 11) is 0. The first-order valence-electron chi connectivity index (χ1n) is 5.85. The molecule has 2 rings (SSSR count). The molecule has 2 aromatic rings. The summed E-state index contributed by atoms with van der Waals surface area (Å²) in [6.07, 6.45) is 0. The fourth-order valence-electron chi connectivity index (χ4n) is 1.77. The van der Waals surface area contributed by atoms with Crippen LogP contribution in [0.3, 0.4) is 0 Å². The topological polar surface area (TPSA) is 89.7 Å². The van der Waals surface area contributed by atoms with Gasteiger partial charge >= 0.3 is 5.97 Å². The van der Waals surface area contributed by atoms with Crippen molar-refractivity contribution >= 4 is 11.7 Å². The Labute approximate surface area is 118 Å². The Morgan fingerprint density at radius 1 is 1.29 bits per heavy atom. The number of halogens is 1. The molecule has 0 amide bonds. The number of aromatic carboxylic acids is 1. The van der Waals surface area contributed by atoms with Gasteiger partial charge in [-0.3, -0.25) is 10.1 Å². The minimum Gasteiger partial charge on any atom is -0.478 e. The third-order valence-electron chi connectivity index (χ3n) is 2.78. The number of carboxylic acids is 1. The van der Waals surface area contributed by atoms with Crippen molar-refractivity contribution in [3.05, 3.63) is 63.5 Å². The lowest BCUT2D eigenvalue weighted by Crippen LogP contribution is -2.01. The highest BCUT2D eigenvalue weighted by Gasteiger charge is 2.18. The number of hydrogen-bond acceptors (Lipinski definition) is 4. The molecule has 108 valence electrons. The summed E-state index contributed by atoms with van der Waals surface area (Å²) in [6, 6.07) is 7.64. The van der Waals surface area contributed by atoms with Crippen molar-refractivity contribution < 1.29 is 24.0 Å². The molecule has 0 aliphatic heterocycles. The molecule has 0 aliphatic rings. The van der Waals surface area contributed by atoms with Crippen LogP contribution in [0.25, 0.3) is 0 Å². The molecule has 0 aliphatic carbocycles. The average molecular weight is 291 g/mol. The number of benzene rings is 2. The molecule has 0 saturated carbocycles. The fourth-order valence-corrected chi connectivity index (χ4v) is 1.77. The van der Waals surface area contributed by atoms with E-state index >= 15 is 0 Å². The predicted octanol–water partition coefficient (Wildman–Crippen LogP) is 3.53. The molecule has 0 radical (unpaired) electrons. The van der Waals surface area contributed by atoms with E-state index in [9.17, 15) is 19.3 Å². The smallest absolute Gasteiger partial charge is 0.339 e. The fraction of sp³-hybridized carbons (Fsp3) is 0.0714. The van der Waals surface area contributed by atoms with Gasteiger partial charge in [-0.15, -0.1) is 0 Å². The first-order valence-corrected chi connectivity index (χ1v) is 5.85. The number of aryl methyl sites for hydroxylation is 1. The minimum atomic E-state index is -1.22. The number of ether oxygens (including phenoxy) is 1. The molecule has 0 fully saturated rings. The van der Waals surface area contributed by atoms with E-state index in [4.69, 9.17) is 9.84 Å². The molecular weight excluding hydrogens is 281 g/mol. The van der Waals surface area contributed by atoms with Crippen LogP contribution in [-0.4, -0.2) is 16.0 Å². The summed E-state index contributed by atoms with van der Waals surface area (Å²) in [4.78, 5) is 21.1. The van der Waals surface area contributed by atoms with E-state index in [0.29, 0.717) is 0 Å². The summed E-state index contributed by atoms with van der Waals surface area (Å²) in [5.74, 6) is -2.47. The number of carbonyl (C=O) groups is 1. The van der Waals surface area contributed by atoms with Crippen LogP contribution in [0.1, 0.15) is 15.9 Å². The molecule has 1 N–H and O–H groups in total. The van der Waals surface area contributed by atoms with E-state index in [2.05, 4.69) is 0 Å². The molecule has 0 bridgehead atoms. The van der Waals surface area contributed by atoms with E-state index in [0.717, 1.165) is 12.1 Å². The van der Waals surface area contributed by atoms with Gasteiger partial charge in [0.25, 0.3) is 5.69 Å². The largest absolute Gasteiger partial charge is 0.478 e. The molecule has 0 saturated heterocycles. The highest BCUT2D eigenvalue weighted by Crippen LogP contribution is 2.31. The maximum absolute atomic E-state index is 13.8. The van der Waals surface area contributed by atoms with Gasteiger partial charge in [-0.2, -0.15) is 0 Å². The Balaban J connectivity index is 2.44. The molecule has 0 unspecified atom stereocenters. The van der Waals surface area contributed by atoms with Crippen molar-refractivity contribution in [3.8, 4) is 11.5 Å². The summed E-state index contributed by atoms with van der Waals surface area (Å²) < 4.78 is 19.1. The van der Waals surface area contributed by atoms with Crippen LogP contribution in [0, 0.1) is 22.9 Å². The van der Waals surface area contributed by atoms with Crippen LogP contribution in [0.15, 0.2) is 36.4 Å². The Morgan fingerprint density at radius 3 is 2.57 bits per heavy atom. The molecule has 0 atom stereocenters. The van der Waals surface area contributed by atoms with E-state index in [-0.39, 0.29) is 28.3 Å². The maximum atomic E-state index is 13.8. The van der Waals surface area contributed by atoms with Gasteiger partial charge in [0, 0.05) is 5.56 Å². The highest BCUT2D eigenvalue weighted by molar-refractivity contribution is 5.90. The minimum absolute atomic E-state index is 0.0443. The number of rotatable bonds is 4. The second kappa shape index (κ2) is 5.58. The van der Waals surface area contributed by atoms with E-state index in [1.54, 1.807) is 0 Å². The third kappa shape index (κ3) is 2.97. The summed E-state index contributed by atoms with van der Waals surface area (Å²) in [5.41, 5.74) is -0.288. The first-order chi connectivity index (χ1) is 9.90. The Kier molecular flexibility index (Phi) is 3.84. The summed E-state index contributed by atoms with van der Waals surface area (Å²) in [6.45, 7) is 1.44. The van der Waals surface area contributed by atoms with Crippen molar-refractivity contribution in [2.24, 2.45) is 0 Å². The summed E-state index contributed by atoms with van der Waals surface area (Å²) >= 11 is 0. The van der Waals surface area contributed by atoms with Crippen LogP contribution in [0.4, 0.5) is 10.1 Å². The van der Waals surface area contributed by atoms with Crippen molar-refractivity contribution in [2.75, 3.05) is 0 Å².